The zero-order chi connectivity index (χ0) is 22.0. The molecule has 0 N–H and O–H groups in total. The Morgan fingerprint density at radius 2 is 1.68 bits per heavy atom. The van der Waals surface area contributed by atoms with Gasteiger partial charge in [-0.2, -0.15) is 0 Å². The van der Waals surface area contributed by atoms with E-state index < -0.39 is 26.0 Å². The third-order valence-corrected chi connectivity index (χ3v) is 6.70. The van der Waals surface area contributed by atoms with E-state index in [0.29, 0.717) is 24.4 Å². The highest BCUT2D eigenvalue weighted by Gasteiger charge is 2.24. The molecule has 1 aromatic heterocycles. The zero-order valence-electron chi connectivity index (χ0n) is 16.8. The van der Waals surface area contributed by atoms with E-state index >= 15 is 0 Å². The smallest absolute Gasteiger partial charge is 0.211 e. The zero-order valence-corrected chi connectivity index (χ0v) is 17.6. The first-order chi connectivity index (χ1) is 14.9. The lowest BCUT2D eigenvalue weighted by Gasteiger charge is -2.14. The van der Waals surface area contributed by atoms with Gasteiger partial charge in [0, 0.05) is 18.1 Å². The number of pyridine rings is 1. The van der Waals surface area contributed by atoms with Gasteiger partial charge in [-0.1, -0.05) is 30.3 Å². The molecule has 4 rings (SSSR count). The van der Waals surface area contributed by atoms with E-state index in [4.69, 9.17) is 4.74 Å². The van der Waals surface area contributed by atoms with Crippen molar-refractivity contribution in [3.8, 4) is 5.75 Å². The molecule has 0 saturated carbocycles. The molecule has 0 bridgehead atoms. The van der Waals surface area contributed by atoms with E-state index in [-0.39, 0.29) is 10.3 Å². The number of nitrogens with zero attached hydrogens (tertiary/aromatic N) is 1. The number of rotatable bonds is 6. The Morgan fingerprint density at radius 3 is 2.35 bits per heavy atom. The van der Waals surface area contributed by atoms with Gasteiger partial charge in [0.15, 0.2) is 0 Å². The second-order valence-corrected chi connectivity index (χ2v) is 8.92. The van der Waals surface area contributed by atoms with Gasteiger partial charge >= 0.3 is 0 Å². The molecule has 0 radical (unpaired) electrons. The SMILES string of the molecule is CCOc1ccc(S(=O)(=O)c2cn(Cc3ccccc3)c3ccc(F)cc3c2=O)cc1. The summed E-state index contributed by atoms with van der Waals surface area (Å²) in [5, 5.41) is 0.0166. The third-order valence-electron chi connectivity index (χ3n) is 4.94. The molecule has 1 heterocycles. The van der Waals surface area contributed by atoms with Gasteiger partial charge in [0.2, 0.25) is 15.3 Å². The first kappa shape index (κ1) is 20.8. The highest BCUT2D eigenvalue weighted by atomic mass is 32.2. The molecule has 5 nitrogen and oxygen atoms in total. The van der Waals surface area contributed by atoms with Gasteiger partial charge in [0.1, 0.15) is 16.5 Å². The molecule has 0 fully saturated rings. The van der Waals surface area contributed by atoms with Crippen LogP contribution in [0.15, 0.2) is 93.6 Å². The molecular formula is C24H20FNO4S. The lowest BCUT2D eigenvalue weighted by atomic mass is 10.1. The molecule has 0 spiro atoms. The number of ether oxygens (including phenoxy) is 1. The van der Waals surface area contributed by atoms with E-state index in [1.807, 2.05) is 37.3 Å². The summed E-state index contributed by atoms with van der Waals surface area (Å²) in [6, 6.07) is 19.1. The van der Waals surface area contributed by atoms with Crippen LogP contribution in [-0.4, -0.2) is 19.6 Å². The van der Waals surface area contributed by atoms with Gasteiger partial charge in [0.05, 0.1) is 17.0 Å². The monoisotopic (exact) mass is 437 g/mol. The average Bonchev–Trinajstić information content (AvgIpc) is 2.77. The molecule has 4 aromatic rings. The predicted molar refractivity (Wildman–Crippen MR) is 117 cm³/mol. The van der Waals surface area contributed by atoms with Crippen LogP contribution < -0.4 is 10.2 Å². The van der Waals surface area contributed by atoms with Crippen molar-refractivity contribution < 1.29 is 17.5 Å². The summed E-state index contributed by atoms with van der Waals surface area (Å²) in [6.45, 7) is 2.61. The summed E-state index contributed by atoms with van der Waals surface area (Å²) in [7, 11) is -4.13. The molecule has 0 unspecified atom stereocenters. The number of benzene rings is 3. The largest absolute Gasteiger partial charge is 0.494 e. The number of fused-ring (bicyclic) bond motifs is 1. The van der Waals surface area contributed by atoms with Crippen molar-refractivity contribution >= 4 is 20.7 Å². The van der Waals surface area contributed by atoms with Crippen molar-refractivity contribution in [2.24, 2.45) is 0 Å². The minimum atomic E-state index is -4.13. The quantitative estimate of drug-likeness (QED) is 0.448. The average molecular weight is 437 g/mol. The second-order valence-electron chi connectivity index (χ2n) is 7.01. The molecule has 31 heavy (non-hydrogen) atoms. The number of halogens is 1. The molecule has 0 aliphatic carbocycles. The maximum atomic E-state index is 13.9. The van der Waals surface area contributed by atoms with Crippen LogP contribution in [0.4, 0.5) is 4.39 Å². The lowest BCUT2D eigenvalue weighted by Crippen LogP contribution is -2.20. The third kappa shape index (κ3) is 4.09. The Morgan fingerprint density at radius 1 is 0.968 bits per heavy atom. The van der Waals surface area contributed by atoms with Crippen molar-refractivity contribution in [3.63, 3.8) is 0 Å². The van der Waals surface area contributed by atoms with Gasteiger partial charge < -0.3 is 9.30 Å². The lowest BCUT2D eigenvalue weighted by molar-refractivity contribution is 0.340. The minimum absolute atomic E-state index is 0.0166. The van der Waals surface area contributed by atoms with E-state index in [2.05, 4.69) is 0 Å². The second kappa shape index (κ2) is 8.35. The van der Waals surface area contributed by atoms with Gasteiger partial charge in [0.25, 0.3) is 0 Å². The van der Waals surface area contributed by atoms with Crippen LogP contribution in [0.2, 0.25) is 0 Å². The van der Waals surface area contributed by atoms with Gasteiger partial charge in [-0.25, -0.2) is 12.8 Å². The predicted octanol–water partition coefficient (Wildman–Crippen LogP) is 4.42. The molecule has 7 heteroatoms. The summed E-state index contributed by atoms with van der Waals surface area (Å²) in [5.74, 6) is -0.0741. The standard InChI is InChI=1S/C24H20FNO4S/c1-2-30-19-9-11-20(12-10-19)31(28,29)23-16-26(15-17-6-4-3-5-7-17)22-13-8-18(25)14-21(22)24(23)27/h3-14,16H,2,15H2,1H3. The van der Waals surface area contributed by atoms with Crippen molar-refractivity contribution in [1.29, 1.82) is 0 Å². The molecule has 0 saturated heterocycles. The van der Waals surface area contributed by atoms with Crippen LogP contribution in [0, 0.1) is 5.82 Å². The van der Waals surface area contributed by atoms with Crippen LogP contribution in [0.3, 0.4) is 0 Å². The fourth-order valence-corrected chi connectivity index (χ4v) is 4.82. The van der Waals surface area contributed by atoms with Crippen LogP contribution in [0.25, 0.3) is 10.9 Å². The molecule has 0 atom stereocenters. The number of sulfone groups is 1. The van der Waals surface area contributed by atoms with E-state index in [1.165, 1.54) is 30.5 Å². The number of hydrogen-bond acceptors (Lipinski definition) is 4. The number of aromatic nitrogens is 1. The Hall–Kier alpha value is -3.45. The fraction of sp³-hybridized carbons (Fsp3) is 0.125. The van der Waals surface area contributed by atoms with E-state index in [0.717, 1.165) is 11.6 Å². The van der Waals surface area contributed by atoms with Gasteiger partial charge in [-0.3, -0.25) is 4.79 Å². The van der Waals surface area contributed by atoms with E-state index in [1.54, 1.807) is 16.7 Å². The fourth-order valence-electron chi connectivity index (χ4n) is 3.45. The van der Waals surface area contributed by atoms with Crippen molar-refractivity contribution in [1.82, 2.24) is 4.57 Å². The first-order valence-corrected chi connectivity index (χ1v) is 11.2. The summed E-state index contributed by atoms with van der Waals surface area (Å²) >= 11 is 0. The van der Waals surface area contributed by atoms with Gasteiger partial charge in [-0.15, -0.1) is 0 Å². The molecule has 0 aliphatic rings. The highest BCUT2D eigenvalue weighted by molar-refractivity contribution is 7.91. The van der Waals surface area contributed by atoms with Crippen molar-refractivity contribution in [2.45, 2.75) is 23.3 Å². The minimum Gasteiger partial charge on any atom is -0.494 e. The number of hydrogen-bond donors (Lipinski definition) is 0. The molecule has 3 aromatic carbocycles. The molecular weight excluding hydrogens is 417 g/mol. The Labute approximate surface area is 179 Å². The van der Waals surface area contributed by atoms with Crippen LogP contribution in [0.5, 0.6) is 5.75 Å². The first-order valence-electron chi connectivity index (χ1n) is 9.74. The topological polar surface area (TPSA) is 65.4 Å². The van der Waals surface area contributed by atoms with E-state index in [9.17, 15) is 17.6 Å². The maximum absolute atomic E-state index is 13.9. The molecule has 0 aliphatic heterocycles. The maximum Gasteiger partial charge on any atom is 0.211 e. The van der Waals surface area contributed by atoms with Gasteiger partial charge in [-0.05, 0) is 55.0 Å². The summed E-state index contributed by atoms with van der Waals surface area (Å²) in [5.41, 5.74) is 0.648. The van der Waals surface area contributed by atoms with Crippen molar-refractivity contribution in [3.05, 3.63) is 101 Å². The van der Waals surface area contributed by atoms with Crippen LogP contribution in [-0.2, 0) is 16.4 Å². The molecule has 0 amide bonds. The highest BCUT2D eigenvalue weighted by Crippen LogP contribution is 2.24. The summed E-state index contributed by atoms with van der Waals surface area (Å²) < 4.78 is 47.6. The van der Waals surface area contributed by atoms with Crippen molar-refractivity contribution in [2.75, 3.05) is 6.61 Å². The molecule has 158 valence electrons. The summed E-state index contributed by atoms with van der Waals surface area (Å²) in [4.78, 5) is 12.7. The Bertz CT molecular complexity index is 1400. The Kier molecular flexibility index (Phi) is 5.61. The van der Waals surface area contributed by atoms with Crippen LogP contribution in [0.1, 0.15) is 12.5 Å². The normalized spacial score (nSPS) is 11.5. The Balaban J connectivity index is 1.91. The van der Waals surface area contributed by atoms with Crippen LogP contribution >= 0.6 is 0 Å². The summed E-state index contributed by atoms with van der Waals surface area (Å²) in [6.07, 6.45) is 1.33.